The first-order valence-corrected chi connectivity index (χ1v) is 8.54. The summed E-state index contributed by atoms with van der Waals surface area (Å²) >= 11 is 5.30. The van der Waals surface area contributed by atoms with Crippen molar-refractivity contribution in [1.82, 2.24) is 14.9 Å². The third-order valence-corrected chi connectivity index (χ3v) is 4.19. The average molecular weight is 343 g/mol. The smallest absolute Gasteiger partial charge is 0.227 e. The summed E-state index contributed by atoms with van der Waals surface area (Å²) < 4.78 is 2.04. The van der Waals surface area contributed by atoms with Gasteiger partial charge in [0.2, 0.25) is 5.91 Å². The Morgan fingerprint density at radius 2 is 2.12 bits per heavy atom. The standard InChI is InChI=1S/C17H21N5OS/c23-16-3-1-11-22(16)15-6-4-14(5-7-15)20-17(24)19-8-2-10-21-12-9-18-13-21/h4-7,9,12-13H,1-3,8,10-11H2,(H2,19,20,24). The predicted octanol–water partition coefficient (Wildman–Crippen LogP) is 2.39. The average Bonchev–Trinajstić information content (AvgIpc) is 3.24. The molecule has 0 unspecified atom stereocenters. The van der Waals surface area contributed by atoms with Gasteiger partial charge in [0.1, 0.15) is 0 Å². The summed E-state index contributed by atoms with van der Waals surface area (Å²) in [5.74, 6) is 0.200. The molecule has 1 amide bonds. The van der Waals surface area contributed by atoms with Crippen LogP contribution in [0.1, 0.15) is 19.3 Å². The lowest BCUT2D eigenvalue weighted by Crippen LogP contribution is -2.29. The van der Waals surface area contributed by atoms with Gasteiger partial charge in [0.05, 0.1) is 6.33 Å². The van der Waals surface area contributed by atoms with Crippen LogP contribution in [0.25, 0.3) is 0 Å². The second-order valence-electron chi connectivity index (χ2n) is 5.73. The number of rotatable bonds is 6. The van der Waals surface area contributed by atoms with Crippen molar-refractivity contribution < 1.29 is 4.79 Å². The van der Waals surface area contributed by atoms with Crippen molar-refractivity contribution in [3.63, 3.8) is 0 Å². The van der Waals surface area contributed by atoms with E-state index in [1.807, 2.05) is 46.3 Å². The minimum absolute atomic E-state index is 0.200. The van der Waals surface area contributed by atoms with Crippen LogP contribution in [-0.2, 0) is 11.3 Å². The highest BCUT2D eigenvalue weighted by Crippen LogP contribution is 2.22. The van der Waals surface area contributed by atoms with E-state index in [-0.39, 0.29) is 5.91 Å². The minimum atomic E-state index is 0.200. The molecular weight excluding hydrogens is 322 g/mol. The summed E-state index contributed by atoms with van der Waals surface area (Å²) in [6.07, 6.45) is 8.08. The molecule has 2 aromatic rings. The van der Waals surface area contributed by atoms with Crippen LogP contribution in [0, 0.1) is 0 Å². The normalized spacial score (nSPS) is 14.0. The molecule has 1 aliphatic heterocycles. The lowest BCUT2D eigenvalue weighted by Gasteiger charge is -2.16. The number of carbonyl (C=O) groups is 1. The molecule has 1 aliphatic rings. The molecule has 7 heteroatoms. The van der Waals surface area contributed by atoms with Crippen LogP contribution in [0.5, 0.6) is 0 Å². The van der Waals surface area contributed by atoms with Gasteiger partial charge in [-0.15, -0.1) is 0 Å². The molecule has 2 N–H and O–H groups in total. The molecule has 1 saturated heterocycles. The van der Waals surface area contributed by atoms with Crippen LogP contribution < -0.4 is 15.5 Å². The highest BCUT2D eigenvalue weighted by molar-refractivity contribution is 7.80. The maximum atomic E-state index is 11.7. The Labute approximate surface area is 146 Å². The zero-order chi connectivity index (χ0) is 16.8. The number of carbonyl (C=O) groups excluding carboxylic acids is 1. The number of imidazole rings is 1. The van der Waals surface area contributed by atoms with E-state index in [2.05, 4.69) is 15.6 Å². The largest absolute Gasteiger partial charge is 0.362 e. The topological polar surface area (TPSA) is 62.2 Å². The van der Waals surface area contributed by atoms with Gasteiger partial charge in [-0.25, -0.2) is 4.98 Å². The first kappa shape index (κ1) is 16.4. The molecule has 0 atom stereocenters. The number of nitrogens with one attached hydrogen (secondary N) is 2. The Kier molecular flexibility index (Phi) is 5.43. The van der Waals surface area contributed by atoms with Gasteiger partial charge in [-0.05, 0) is 49.3 Å². The second kappa shape index (κ2) is 7.92. The molecule has 126 valence electrons. The molecule has 2 heterocycles. The van der Waals surface area contributed by atoms with Crippen LogP contribution in [0.2, 0.25) is 0 Å². The first-order chi connectivity index (χ1) is 11.7. The molecule has 3 rings (SSSR count). The fourth-order valence-corrected chi connectivity index (χ4v) is 2.92. The summed E-state index contributed by atoms with van der Waals surface area (Å²) in [4.78, 5) is 17.6. The van der Waals surface area contributed by atoms with Crippen molar-refractivity contribution in [3.8, 4) is 0 Å². The van der Waals surface area contributed by atoms with Crippen LogP contribution >= 0.6 is 12.2 Å². The number of aryl methyl sites for hydroxylation is 1. The van der Waals surface area contributed by atoms with Gasteiger partial charge in [-0.1, -0.05) is 0 Å². The Bertz CT molecular complexity index is 684. The number of anilines is 2. The van der Waals surface area contributed by atoms with Crippen molar-refractivity contribution >= 4 is 34.6 Å². The quantitative estimate of drug-likeness (QED) is 0.623. The Morgan fingerprint density at radius 3 is 2.79 bits per heavy atom. The van der Waals surface area contributed by atoms with E-state index in [0.717, 1.165) is 43.9 Å². The summed E-state index contributed by atoms with van der Waals surface area (Å²) in [7, 11) is 0. The number of thiocarbonyl (C=S) groups is 1. The maximum Gasteiger partial charge on any atom is 0.227 e. The lowest BCUT2D eigenvalue weighted by molar-refractivity contribution is -0.117. The van der Waals surface area contributed by atoms with E-state index in [1.165, 1.54) is 0 Å². The number of hydrogen-bond donors (Lipinski definition) is 2. The highest BCUT2D eigenvalue weighted by Gasteiger charge is 2.21. The molecule has 0 spiro atoms. The van der Waals surface area contributed by atoms with E-state index in [4.69, 9.17) is 12.2 Å². The Balaban J connectivity index is 1.42. The zero-order valence-corrected chi connectivity index (χ0v) is 14.3. The summed E-state index contributed by atoms with van der Waals surface area (Å²) in [5.41, 5.74) is 1.86. The number of nitrogens with zero attached hydrogens (tertiary/aromatic N) is 3. The lowest BCUT2D eigenvalue weighted by atomic mass is 10.2. The SMILES string of the molecule is O=C1CCCN1c1ccc(NC(=S)NCCCn2ccnc2)cc1. The number of hydrogen-bond acceptors (Lipinski definition) is 3. The van der Waals surface area contributed by atoms with Crippen molar-refractivity contribution in [2.24, 2.45) is 0 Å². The Morgan fingerprint density at radius 1 is 1.29 bits per heavy atom. The van der Waals surface area contributed by atoms with Crippen molar-refractivity contribution in [2.75, 3.05) is 23.3 Å². The summed E-state index contributed by atoms with van der Waals surface area (Å²) in [6.45, 7) is 2.51. The van der Waals surface area contributed by atoms with Gasteiger partial charge < -0.3 is 20.1 Å². The fraction of sp³-hybridized carbons (Fsp3) is 0.353. The molecule has 0 saturated carbocycles. The van der Waals surface area contributed by atoms with E-state index in [0.29, 0.717) is 11.5 Å². The van der Waals surface area contributed by atoms with Crippen molar-refractivity contribution in [3.05, 3.63) is 43.0 Å². The summed E-state index contributed by atoms with van der Waals surface area (Å²) in [5, 5.41) is 6.96. The van der Waals surface area contributed by atoms with Crippen LogP contribution in [0.3, 0.4) is 0 Å². The molecule has 6 nitrogen and oxygen atoms in total. The highest BCUT2D eigenvalue weighted by atomic mass is 32.1. The van der Waals surface area contributed by atoms with Crippen LogP contribution in [0.4, 0.5) is 11.4 Å². The van der Waals surface area contributed by atoms with Gasteiger partial charge in [0.15, 0.2) is 5.11 Å². The molecule has 0 aliphatic carbocycles. The van der Waals surface area contributed by atoms with Crippen LogP contribution in [-0.4, -0.2) is 33.7 Å². The zero-order valence-electron chi connectivity index (χ0n) is 13.4. The molecule has 1 aromatic carbocycles. The molecule has 0 bridgehead atoms. The number of aromatic nitrogens is 2. The van der Waals surface area contributed by atoms with Gasteiger partial charge >= 0.3 is 0 Å². The summed E-state index contributed by atoms with van der Waals surface area (Å²) in [6, 6.07) is 7.79. The van der Waals surface area contributed by atoms with E-state index < -0.39 is 0 Å². The molecule has 0 radical (unpaired) electrons. The van der Waals surface area contributed by atoms with E-state index >= 15 is 0 Å². The first-order valence-electron chi connectivity index (χ1n) is 8.13. The monoisotopic (exact) mass is 343 g/mol. The maximum absolute atomic E-state index is 11.7. The molecule has 1 fully saturated rings. The molecule has 24 heavy (non-hydrogen) atoms. The van der Waals surface area contributed by atoms with Crippen molar-refractivity contribution in [2.45, 2.75) is 25.8 Å². The molecule has 1 aromatic heterocycles. The number of amides is 1. The van der Waals surface area contributed by atoms with Gasteiger partial charge in [0, 0.05) is 49.8 Å². The van der Waals surface area contributed by atoms with Gasteiger partial charge in [0.25, 0.3) is 0 Å². The van der Waals surface area contributed by atoms with Crippen LogP contribution in [0.15, 0.2) is 43.0 Å². The van der Waals surface area contributed by atoms with Gasteiger partial charge in [-0.3, -0.25) is 4.79 Å². The minimum Gasteiger partial charge on any atom is -0.362 e. The number of benzene rings is 1. The fourth-order valence-electron chi connectivity index (χ4n) is 2.70. The molecular formula is C17H21N5OS. The second-order valence-corrected chi connectivity index (χ2v) is 6.14. The van der Waals surface area contributed by atoms with E-state index in [9.17, 15) is 4.79 Å². The van der Waals surface area contributed by atoms with E-state index in [1.54, 1.807) is 6.20 Å². The van der Waals surface area contributed by atoms with Gasteiger partial charge in [-0.2, -0.15) is 0 Å². The third-order valence-electron chi connectivity index (χ3n) is 3.95. The van der Waals surface area contributed by atoms with Crippen molar-refractivity contribution in [1.29, 1.82) is 0 Å². The predicted molar refractivity (Wildman–Crippen MR) is 99.1 cm³/mol. The Hall–Kier alpha value is -2.41. The third kappa shape index (κ3) is 4.32.